The minimum Gasteiger partial charge on any atom is -0.494 e. The predicted molar refractivity (Wildman–Crippen MR) is 86.7 cm³/mol. The zero-order valence-corrected chi connectivity index (χ0v) is 13.9. The maximum Gasteiger partial charge on any atom is 0.326 e. The van der Waals surface area contributed by atoms with E-state index in [-0.39, 0.29) is 18.2 Å². The van der Waals surface area contributed by atoms with Gasteiger partial charge in [0.15, 0.2) is 0 Å². The molecule has 0 aliphatic rings. The molecule has 23 heavy (non-hydrogen) atoms. The molecule has 1 amide bonds. The lowest BCUT2D eigenvalue weighted by Gasteiger charge is -2.17. The number of carbonyl (C=O) groups excluding carboxylic acids is 1. The summed E-state index contributed by atoms with van der Waals surface area (Å²) < 4.78 is 10.9. The van der Waals surface area contributed by atoms with E-state index in [2.05, 4.69) is 5.32 Å². The number of aliphatic carboxylic acids is 1. The summed E-state index contributed by atoms with van der Waals surface area (Å²) in [6, 6.07) is 6.42. The van der Waals surface area contributed by atoms with Crippen molar-refractivity contribution >= 4 is 11.9 Å². The topological polar surface area (TPSA) is 84.9 Å². The van der Waals surface area contributed by atoms with Crippen LogP contribution in [0.25, 0.3) is 0 Å². The van der Waals surface area contributed by atoms with Crippen LogP contribution in [0.2, 0.25) is 0 Å². The van der Waals surface area contributed by atoms with Gasteiger partial charge in [0, 0.05) is 6.42 Å². The Bertz CT molecular complexity index is 498. The van der Waals surface area contributed by atoms with Gasteiger partial charge in [0.1, 0.15) is 17.5 Å². The lowest BCUT2D eigenvalue weighted by molar-refractivity contribution is -0.143. The number of carboxylic acids is 1. The number of hydrogen-bond acceptors (Lipinski definition) is 4. The highest BCUT2D eigenvalue weighted by atomic mass is 16.5. The van der Waals surface area contributed by atoms with E-state index < -0.39 is 12.0 Å². The molecule has 1 rings (SSSR count). The number of amides is 1. The monoisotopic (exact) mass is 323 g/mol. The van der Waals surface area contributed by atoms with E-state index >= 15 is 0 Å². The van der Waals surface area contributed by atoms with Crippen LogP contribution in [-0.2, 0) is 9.59 Å². The first-order chi connectivity index (χ1) is 10.9. The molecule has 0 aromatic heterocycles. The van der Waals surface area contributed by atoms with Crippen LogP contribution in [0.1, 0.15) is 33.6 Å². The largest absolute Gasteiger partial charge is 0.494 e. The summed E-state index contributed by atoms with van der Waals surface area (Å²) in [4.78, 5) is 22.8. The molecule has 6 nitrogen and oxygen atoms in total. The minimum absolute atomic E-state index is 0.156. The molecule has 6 heteroatoms. The van der Waals surface area contributed by atoms with E-state index in [0.717, 1.165) is 5.75 Å². The molecule has 0 heterocycles. The van der Waals surface area contributed by atoms with E-state index in [1.807, 2.05) is 31.2 Å². The second kappa shape index (κ2) is 9.71. The van der Waals surface area contributed by atoms with Gasteiger partial charge in [-0.2, -0.15) is 0 Å². The summed E-state index contributed by atoms with van der Waals surface area (Å²) in [5.74, 6) is 0.0454. The van der Waals surface area contributed by atoms with Gasteiger partial charge in [0.25, 0.3) is 0 Å². The highest BCUT2D eigenvalue weighted by Gasteiger charge is 2.22. The normalized spacial score (nSPS) is 11.8. The van der Waals surface area contributed by atoms with E-state index in [1.165, 1.54) is 0 Å². The van der Waals surface area contributed by atoms with Gasteiger partial charge in [0.2, 0.25) is 5.91 Å². The number of nitrogens with one attached hydrogen (secondary N) is 1. The first kappa shape index (κ1) is 18.8. The molecular weight excluding hydrogens is 298 g/mol. The Morgan fingerprint density at radius 3 is 2.17 bits per heavy atom. The number of carboxylic acid groups (broad SMARTS) is 1. The van der Waals surface area contributed by atoms with Crippen LogP contribution in [0.15, 0.2) is 24.3 Å². The van der Waals surface area contributed by atoms with E-state index in [0.29, 0.717) is 25.4 Å². The van der Waals surface area contributed by atoms with Gasteiger partial charge in [0.05, 0.1) is 13.2 Å². The molecule has 2 N–H and O–H groups in total. The Balaban J connectivity index is 2.28. The second-order valence-corrected chi connectivity index (χ2v) is 5.48. The Kier molecular flexibility index (Phi) is 7.94. The van der Waals surface area contributed by atoms with Crippen molar-refractivity contribution in [3.8, 4) is 11.5 Å². The number of rotatable bonds is 10. The Labute approximate surface area is 136 Å². The number of benzene rings is 1. The molecule has 0 saturated carbocycles. The van der Waals surface area contributed by atoms with Crippen LogP contribution in [0.3, 0.4) is 0 Å². The Morgan fingerprint density at radius 2 is 1.70 bits per heavy atom. The van der Waals surface area contributed by atoms with Crippen molar-refractivity contribution < 1.29 is 24.2 Å². The molecule has 0 aliphatic heterocycles. The van der Waals surface area contributed by atoms with Crippen LogP contribution in [0.4, 0.5) is 0 Å². The van der Waals surface area contributed by atoms with Crippen LogP contribution >= 0.6 is 0 Å². The summed E-state index contributed by atoms with van der Waals surface area (Å²) in [5.41, 5.74) is 0. The third-order valence-corrected chi connectivity index (χ3v) is 3.20. The van der Waals surface area contributed by atoms with E-state index in [1.54, 1.807) is 13.8 Å². The molecule has 128 valence electrons. The van der Waals surface area contributed by atoms with Crippen molar-refractivity contribution in [3.05, 3.63) is 24.3 Å². The van der Waals surface area contributed by atoms with Gasteiger partial charge in [-0.05, 0) is 43.5 Å². The van der Waals surface area contributed by atoms with Gasteiger partial charge in [-0.25, -0.2) is 4.79 Å². The van der Waals surface area contributed by atoms with Gasteiger partial charge in [-0.3, -0.25) is 4.79 Å². The van der Waals surface area contributed by atoms with E-state index in [4.69, 9.17) is 14.6 Å². The van der Waals surface area contributed by atoms with Crippen LogP contribution < -0.4 is 14.8 Å². The summed E-state index contributed by atoms with van der Waals surface area (Å²) >= 11 is 0. The molecule has 0 radical (unpaired) electrons. The summed E-state index contributed by atoms with van der Waals surface area (Å²) in [7, 11) is 0. The molecular formula is C17H25NO5. The van der Waals surface area contributed by atoms with Crippen LogP contribution in [0, 0.1) is 5.92 Å². The van der Waals surface area contributed by atoms with Gasteiger partial charge >= 0.3 is 5.97 Å². The molecule has 1 atom stereocenters. The van der Waals surface area contributed by atoms with Crippen molar-refractivity contribution in [2.75, 3.05) is 13.2 Å². The maximum absolute atomic E-state index is 11.7. The van der Waals surface area contributed by atoms with Gasteiger partial charge in [-0.1, -0.05) is 13.8 Å². The van der Waals surface area contributed by atoms with Crippen molar-refractivity contribution in [2.45, 2.75) is 39.7 Å². The second-order valence-electron chi connectivity index (χ2n) is 5.48. The summed E-state index contributed by atoms with van der Waals surface area (Å²) in [6.45, 7) is 6.44. The Hall–Kier alpha value is -2.24. The molecule has 0 bridgehead atoms. The standard InChI is InChI=1S/C17H25NO5/c1-4-22-13-7-9-14(10-8-13)23-11-5-6-15(19)18-16(12(2)3)17(20)21/h7-10,12,16H,4-6,11H2,1-3H3,(H,18,19)(H,20,21)/t16-/m0/s1. The molecule has 0 spiro atoms. The van der Waals surface area contributed by atoms with Crippen molar-refractivity contribution in [1.82, 2.24) is 5.32 Å². The van der Waals surface area contributed by atoms with Crippen LogP contribution in [-0.4, -0.2) is 36.2 Å². The van der Waals surface area contributed by atoms with Gasteiger partial charge < -0.3 is 19.9 Å². The van der Waals surface area contributed by atoms with Gasteiger partial charge in [-0.15, -0.1) is 0 Å². The number of ether oxygens (including phenoxy) is 2. The lowest BCUT2D eigenvalue weighted by atomic mass is 10.0. The third kappa shape index (κ3) is 7.04. The molecule has 1 aromatic rings. The predicted octanol–water partition coefficient (Wildman–Crippen LogP) is 2.47. The third-order valence-electron chi connectivity index (χ3n) is 3.20. The fourth-order valence-corrected chi connectivity index (χ4v) is 1.98. The SMILES string of the molecule is CCOc1ccc(OCCCC(=O)N[C@H](C(=O)O)C(C)C)cc1. The zero-order valence-electron chi connectivity index (χ0n) is 13.9. The molecule has 0 fully saturated rings. The number of carbonyl (C=O) groups is 2. The lowest BCUT2D eigenvalue weighted by Crippen LogP contribution is -2.44. The fraction of sp³-hybridized carbons (Fsp3) is 0.529. The fourth-order valence-electron chi connectivity index (χ4n) is 1.98. The smallest absolute Gasteiger partial charge is 0.326 e. The number of hydrogen-bond donors (Lipinski definition) is 2. The first-order valence-corrected chi connectivity index (χ1v) is 7.81. The highest BCUT2D eigenvalue weighted by Crippen LogP contribution is 2.17. The summed E-state index contributed by atoms with van der Waals surface area (Å²) in [6.07, 6.45) is 0.747. The maximum atomic E-state index is 11.7. The molecule has 0 saturated heterocycles. The quantitative estimate of drug-likeness (QED) is 0.646. The van der Waals surface area contributed by atoms with Crippen molar-refractivity contribution in [2.24, 2.45) is 5.92 Å². The zero-order chi connectivity index (χ0) is 17.2. The Morgan fingerprint density at radius 1 is 1.13 bits per heavy atom. The molecule has 0 unspecified atom stereocenters. The average molecular weight is 323 g/mol. The van der Waals surface area contributed by atoms with Crippen molar-refractivity contribution in [1.29, 1.82) is 0 Å². The molecule has 1 aromatic carbocycles. The minimum atomic E-state index is -1.01. The highest BCUT2D eigenvalue weighted by molar-refractivity contribution is 5.83. The van der Waals surface area contributed by atoms with Crippen molar-refractivity contribution in [3.63, 3.8) is 0 Å². The van der Waals surface area contributed by atoms with E-state index in [9.17, 15) is 9.59 Å². The first-order valence-electron chi connectivity index (χ1n) is 7.81. The average Bonchev–Trinajstić information content (AvgIpc) is 2.50. The summed E-state index contributed by atoms with van der Waals surface area (Å²) in [5, 5.41) is 11.5. The molecule has 0 aliphatic carbocycles. The van der Waals surface area contributed by atoms with Crippen LogP contribution in [0.5, 0.6) is 11.5 Å².